The van der Waals surface area contributed by atoms with Gasteiger partial charge in [0.25, 0.3) is 0 Å². The van der Waals surface area contributed by atoms with Crippen LogP contribution in [0.1, 0.15) is 135 Å². The van der Waals surface area contributed by atoms with Crippen LogP contribution in [0.3, 0.4) is 0 Å². The lowest BCUT2D eigenvalue weighted by Crippen LogP contribution is -2.60. The number of nitrogens with zero attached hydrogens (tertiary/aromatic N) is 2. The Bertz CT molecular complexity index is 1260. The van der Waals surface area contributed by atoms with Crippen molar-refractivity contribution >= 4 is 11.9 Å². The highest BCUT2D eigenvalue weighted by Gasteiger charge is 2.57. The number of hydrogen-bond donors (Lipinski definition) is 0. The Hall–Kier alpha value is -2.74. The highest BCUT2D eigenvalue weighted by atomic mass is 16.7. The summed E-state index contributed by atoms with van der Waals surface area (Å²) in [6, 6.07) is 20.3. The third kappa shape index (κ3) is 9.63. The Morgan fingerprint density at radius 3 is 1.71 bits per heavy atom. The average Bonchev–Trinajstić information content (AvgIpc) is 3.71. The molecular weight excluding hydrogens is 636 g/mol. The summed E-state index contributed by atoms with van der Waals surface area (Å²) in [6.07, 6.45) is 17.9. The quantitative estimate of drug-likeness (QED) is 0.0530. The van der Waals surface area contributed by atoms with Crippen LogP contribution in [0.4, 0.5) is 0 Å². The standard InChI is InChI=1S/C44H68N2O5/c1-4-45(5-2,6-3)31-21-13-11-9-7-8-10-12-20-28-42(47)49-36-50-44(37-24-16-14-17-25-37,38-26-18-15-19-27-38)43(48)51-41-34-39-29-30-40(35-41)46(39)32-22-23-33-46/h14-19,24-27,39-41H,4-13,20-23,28-36H2,1-3H3/q+2. The van der Waals surface area contributed by atoms with E-state index in [0.717, 1.165) is 32.1 Å². The molecule has 2 aromatic carbocycles. The van der Waals surface area contributed by atoms with Crippen LogP contribution in [0.5, 0.6) is 0 Å². The number of unbranched alkanes of at least 4 members (excludes halogenated alkanes) is 8. The molecule has 0 N–H and O–H groups in total. The van der Waals surface area contributed by atoms with Crippen LogP contribution in [-0.4, -0.2) is 85.2 Å². The van der Waals surface area contributed by atoms with Crippen LogP contribution in [0.2, 0.25) is 0 Å². The van der Waals surface area contributed by atoms with Crippen molar-refractivity contribution in [2.45, 2.75) is 147 Å². The van der Waals surface area contributed by atoms with Gasteiger partial charge in [-0.2, -0.15) is 0 Å². The van der Waals surface area contributed by atoms with E-state index < -0.39 is 11.6 Å². The van der Waals surface area contributed by atoms with Crippen LogP contribution in [0.15, 0.2) is 60.7 Å². The predicted octanol–water partition coefficient (Wildman–Crippen LogP) is 9.07. The van der Waals surface area contributed by atoms with Gasteiger partial charge in [-0.15, -0.1) is 0 Å². The van der Waals surface area contributed by atoms with Crippen molar-refractivity contribution in [1.29, 1.82) is 0 Å². The first-order valence-electron chi connectivity index (χ1n) is 20.7. The van der Waals surface area contributed by atoms with E-state index in [0.29, 0.717) is 29.6 Å². The lowest BCUT2D eigenvalue weighted by Gasteiger charge is -2.47. The zero-order valence-electron chi connectivity index (χ0n) is 32.2. The fraction of sp³-hybridized carbons (Fsp3) is 0.682. The summed E-state index contributed by atoms with van der Waals surface area (Å²) < 4.78 is 21.1. The molecule has 0 radical (unpaired) electrons. The van der Waals surface area contributed by atoms with E-state index in [1.54, 1.807) is 0 Å². The summed E-state index contributed by atoms with van der Waals surface area (Å²) in [6.45, 7) is 14.3. The molecule has 2 atom stereocenters. The lowest BCUT2D eigenvalue weighted by atomic mass is 9.85. The number of esters is 2. The topological polar surface area (TPSA) is 61.8 Å². The maximum Gasteiger partial charge on any atom is 0.348 e. The first kappa shape index (κ1) is 39.5. The van der Waals surface area contributed by atoms with Gasteiger partial charge in [-0.3, -0.25) is 4.79 Å². The largest absolute Gasteiger partial charge is 0.459 e. The Labute approximate surface area is 309 Å². The number of carbonyl (C=O) groups excluding carboxylic acids is 2. The fourth-order valence-electron chi connectivity index (χ4n) is 9.87. The second-order valence-electron chi connectivity index (χ2n) is 15.8. The van der Waals surface area contributed by atoms with Gasteiger partial charge < -0.3 is 23.2 Å². The molecular formula is C44H68N2O5+2. The zero-order chi connectivity index (χ0) is 36.0. The Morgan fingerprint density at radius 1 is 0.706 bits per heavy atom. The number of ether oxygens (including phenoxy) is 3. The van der Waals surface area contributed by atoms with Crippen molar-refractivity contribution in [1.82, 2.24) is 0 Å². The van der Waals surface area contributed by atoms with Crippen LogP contribution in [0, 0.1) is 0 Å². The minimum Gasteiger partial charge on any atom is -0.459 e. The average molecular weight is 705 g/mol. The van der Waals surface area contributed by atoms with E-state index >= 15 is 0 Å². The second-order valence-corrected chi connectivity index (χ2v) is 15.8. The maximum absolute atomic E-state index is 14.5. The number of piperidine rings is 1. The number of hydrogen-bond acceptors (Lipinski definition) is 5. The molecule has 0 aliphatic carbocycles. The van der Waals surface area contributed by atoms with Crippen molar-refractivity contribution in [3.63, 3.8) is 0 Å². The molecule has 3 heterocycles. The van der Waals surface area contributed by atoms with E-state index in [1.807, 2.05) is 60.7 Å². The van der Waals surface area contributed by atoms with Gasteiger partial charge in [0.15, 0.2) is 6.79 Å². The normalized spacial score (nSPS) is 21.2. The molecule has 2 unspecified atom stereocenters. The molecule has 3 fully saturated rings. The zero-order valence-corrected chi connectivity index (χ0v) is 32.2. The van der Waals surface area contributed by atoms with Crippen LogP contribution in [-0.2, 0) is 29.4 Å². The van der Waals surface area contributed by atoms with Gasteiger partial charge >= 0.3 is 11.9 Å². The van der Waals surface area contributed by atoms with Crippen LogP contribution < -0.4 is 0 Å². The van der Waals surface area contributed by atoms with E-state index in [9.17, 15) is 9.59 Å². The van der Waals surface area contributed by atoms with Gasteiger partial charge in [0.2, 0.25) is 5.60 Å². The molecule has 7 heteroatoms. The molecule has 0 aromatic heterocycles. The third-order valence-electron chi connectivity index (χ3n) is 13.2. The number of benzene rings is 2. The van der Waals surface area contributed by atoms with Crippen LogP contribution in [0.25, 0.3) is 0 Å². The van der Waals surface area contributed by atoms with Crippen molar-refractivity contribution in [2.75, 3.05) is 46.1 Å². The van der Waals surface area contributed by atoms with Gasteiger partial charge in [0, 0.05) is 44.9 Å². The summed E-state index contributed by atoms with van der Waals surface area (Å²) in [4.78, 5) is 27.4. The molecule has 1 spiro atoms. The fourth-order valence-corrected chi connectivity index (χ4v) is 9.87. The minimum absolute atomic E-state index is 0.135. The summed E-state index contributed by atoms with van der Waals surface area (Å²) in [7, 11) is 0. The Kier molecular flexibility index (Phi) is 15.0. The SMILES string of the molecule is CC[N+](CC)(CC)CCCCCCCCCCCC(=O)OCOC(C(=O)OC1CC2CCC(C1)[N+]21CCCC1)(c1ccccc1)c1ccccc1. The highest BCUT2D eigenvalue weighted by Crippen LogP contribution is 2.47. The molecule has 0 amide bonds. The van der Waals surface area contributed by atoms with E-state index in [1.165, 1.54) is 112 Å². The first-order valence-corrected chi connectivity index (χ1v) is 20.7. The molecule has 282 valence electrons. The molecule has 5 rings (SSSR count). The summed E-state index contributed by atoms with van der Waals surface area (Å²) in [5.41, 5.74) is -0.188. The molecule has 3 saturated heterocycles. The molecule has 7 nitrogen and oxygen atoms in total. The third-order valence-corrected chi connectivity index (χ3v) is 13.2. The van der Waals surface area contributed by atoms with Crippen molar-refractivity contribution < 1.29 is 32.8 Å². The monoisotopic (exact) mass is 705 g/mol. The molecule has 3 aliphatic heterocycles. The van der Waals surface area contributed by atoms with Crippen molar-refractivity contribution in [3.05, 3.63) is 71.8 Å². The molecule has 51 heavy (non-hydrogen) atoms. The van der Waals surface area contributed by atoms with E-state index in [-0.39, 0.29) is 18.9 Å². The predicted molar refractivity (Wildman–Crippen MR) is 204 cm³/mol. The first-order chi connectivity index (χ1) is 24.9. The molecule has 2 bridgehead atoms. The smallest absolute Gasteiger partial charge is 0.348 e. The molecule has 3 aliphatic rings. The van der Waals surface area contributed by atoms with Gasteiger partial charge in [0.1, 0.15) is 6.10 Å². The van der Waals surface area contributed by atoms with Crippen molar-refractivity contribution in [3.8, 4) is 0 Å². The molecule has 2 aromatic rings. The summed E-state index contributed by atoms with van der Waals surface area (Å²) in [5, 5.41) is 0. The Morgan fingerprint density at radius 2 is 1.20 bits per heavy atom. The van der Waals surface area contributed by atoms with Gasteiger partial charge in [-0.1, -0.05) is 99.2 Å². The van der Waals surface area contributed by atoms with E-state index in [4.69, 9.17) is 14.2 Å². The highest BCUT2D eigenvalue weighted by molar-refractivity contribution is 5.86. The minimum atomic E-state index is -1.54. The summed E-state index contributed by atoms with van der Waals surface area (Å²) >= 11 is 0. The lowest BCUT2D eigenvalue weighted by molar-refractivity contribution is -0.956. The summed E-state index contributed by atoms with van der Waals surface area (Å²) in [5.74, 6) is -0.715. The van der Waals surface area contributed by atoms with Gasteiger partial charge in [-0.25, -0.2) is 4.79 Å². The second kappa shape index (κ2) is 19.4. The van der Waals surface area contributed by atoms with Crippen molar-refractivity contribution in [2.24, 2.45) is 0 Å². The number of quaternary nitrogens is 2. The van der Waals surface area contributed by atoms with Gasteiger partial charge in [0.05, 0.1) is 51.4 Å². The number of rotatable bonds is 22. The van der Waals surface area contributed by atoms with Gasteiger partial charge in [-0.05, 0) is 51.2 Å². The van der Waals surface area contributed by atoms with E-state index in [2.05, 4.69) is 20.8 Å². The number of carbonyl (C=O) groups is 2. The molecule has 0 saturated carbocycles. The maximum atomic E-state index is 14.5. The Balaban J connectivity index is 1.08. The van der Waals surface area contributed by atoms with Crippen LogP contribution >= 0.6 is 0 Å².